The van der Waals surface area contributed by atoms with Crippen molar-refractivity contribution in [2.75, 3.05) is 18.4 Å². The summed E-state index contributed by atoms with van der Waals surface area (Å²) in [5, 5.41) is 3.50. The number of amides is 2. The van der Waals surface area contributed by atoms with Crippen LogP contribution in [0.25, 0.3) is 0 Å². The maximum absolute atomic E-state index is 13.0. The molecule has 0 aliphatic carbocycles. The second kappa shape index (κ2) is 9.79. The molecule has 154 valence electrons. The first kappa shape index (κ1) is 21.2. The maximum Gasteiger partial charge on any atom is 0.265 e. The molecule has 3 rings (SSSR count). The van der Waals surface area contributed by atoms with Crippen molar-refractivity contribution in [2.45, 2.75) is 45.6 Å². The second-order valence-electron chi connectivity index (χ2n) is 7.41. The van der Waals surface area contributed by atoms with Crippen LogP contribution in [0.3, 0.4) is 0 Å². The Morgan fingerprint density at radius 1 is 1.07 bits per heavy atom. The zero-order valence-corrected chi connectivity index (χ0v) is 17.7. The highest BCUT2D eigenvalue weighted by Gasteiger charge is 2.22. The van der Waals surface area contributed by atoms with Crippen LogP contribution in [-0.2, 0) is 4.79 Å². The summed E-state index contributed by atoms with van der Waals surface area (Å²) in [7, 11) is 0. The molecule has 1 fully saturated rings. The van der Waals surface area contributed by atoms with Gasteiger partial charge in [0.1, 0.15) is 5.75 Å². The maximum atomic E-state index is 13.0. The summed E-state index contributed by atoms with van der Waals surface area (Å²) in [6, 6.07) is 12.4. The molecule has 1 atom stereocenters. The Hall–Kier alpha value is -2.53. The first-order valence-corrected chi connectivity index (χ1v) is 10.5. The molecule has 1 aliphatic heterocycles. The van der Waals surface area contributed by atoms with E-state index in [-0.39, 0.29) is 11.8 Å². The Morgan fingerprint density at radius 3 is 2.45 bits per heavy atom. The number of likely N-dealkylation sites (tertiary alicyclic amines) is 1. The molecule has 1 heterocycles. The van der Waals surface area contributed by atoms with Crippen molar-refractivity contribution in [2.24, 2.45) is 0 Å². The van der Waals surface area contributed by atoms with Crippen molar-refractivity contribution in [3.05, 3.63) is 58.6 Å². The van der Waals surface area contributed by atoms with Crippen LogP contribution in [0.4, 0.5) is 5.69 Å². The van der Waals surface area contributed by atoms with E-state index in [1.165, 1.54) is 0 Å². The van der Waals surface area contributed by atoms with E-state index in [9.17, 15) is 9.59 Å². The minimum Gasteiger partial charge on any atom is -0.481 e. The number of nitrogens with one attached hydrogen (secondary N) is 1. The summed E-state index contributed by atoms with van der Waals surface area (Å²) < 4.78 is 5.75. The molecule has 6 heteroatoms. The number of rotatable bonds is 5. The first-order valence-electron chi connectivity index (χ1n) is 10.1. The number of nitrogens with zero attached hydrogens (tertiary/aromatic N) is 1. The lowest BCUT2D eigenvalue weighted by atomic mass is 10.1. The Kier molecular flexibility index (Phi) is 7.15. The summed E-state index contributed by atoms with van der Waals surface area (Å²) in [4.78, 5) is 27.6. The number of carbonyl (C=O) groups is 2. The van der Waals surface area contributed by atoms with E-state index < -0.39 is 6.10 Å². The van der Waals surface area contributed by atoms with Crippen molar-refractivity contribution in [1.82, 2.24) is 4.90 Å². The lowest BCUT2D eigenvalue weighted by Crippen LogP contribution is -2.34. The molecule has 29 heavy (non-hydrogen) atoms. The number of para-hydroxylation sites is 1. The monoisotopic (exact) mass is 414 g/mol. The van der Waals surface area contributed by atoms with E-state index >= 15 is 0 Å². The molecule has 0 spiro atoms. The Balaban J connectivity index is 1.69. The van der Waals surface area contributed by atoms with Gasteiger partial charge in [-0.3, -0.25) is 9.59 Å². The minimum atomic E-state index is -0.725. The number of hydrogen-bond donors (Lipinski definition) is 1. The Labute approximate surface area is 177 Å². The van der Waals surface area contributed by atoms with Gasteiger partial charge in [0.2, 0.25) is 0 Å². The van der Waals surface area contributed by atoms with Gasteiger partial charge in [-0.05, 0) is 62.6 Å². The smallest absolute Gasteiger partial charge is 0.265 e. The number of benzene rings is 2. The summed E-state index contributed by atoms with van der Waals surface area (Å²) in [5.41, 5.74) is 1.90. The fourth-order valence-corrected chi connectivity index (χ4v) is 3.52. The van der Waals surface area contributed by atoms with E-state index in [2.05, 4.69) is 5.32 Å². The summed E-state index contributed by atoms with van der Waals surface area (Å²) in [6.45, 7) is 5.08. The zero-order valence-electron chi connectivity index (χ0n) is 16.9. The van der Waals surface area contributed by atoms with Crippen LogP contribution in [0.15, 0.2) is 42.5 Å². The third kappa shape index (κ3) is 5.51. The lowest BCUT2D eigenvalue weighted by molar-refractivity contribution is -0.122. The lowest BCUT2D eigenvalue weighted by Gasteiger charge is -2.22. The number of aryl methyl sites for hydroxylation is 1. The SMILES string of the molecule is Cc1cc(O[C@H](C)C(=O)Nc2ccccc2C(=O)N2CCCCCC2)ccc1Cl. The summed E-state index contributed by atoms with van der Waals surface area (Å²) in [5.74, 6) is 0.224. The minimum absolute atomic E-state index is 0.0373. The third-order valence-corrected chi connectivity index (χ3v) is 5.54. The van der Waals surface area contributed by atoms with Crippen LogP contribution in [-0.4, -0.2) is 35.9 Å². The second-order valence-corrected chi connectivity index (χ2v) is 7.82. The van der Waals surface area contributed by atoms with Gasteiger partial charge in [0.15, 0.2) is 6.10 Å². The molecule has 0 radical (unpaired) electrons. The molecule has 1 N–H and O–H groups in total. The van der Waals surface area contributed by atoms with E-state index in [0.29, 0.717) is 22.0 Å². The number of carbonyl (C=O) groups excluding carboxylic acids is 2. The fourth-order valence-electron chi connectivity index (χ4n) is 3.41. The Morgan fingerprint density at radius 2 is 1.76 bits per heavy atom. The fraction of sp³-hybridized carbons (Fsp3) is 0.391. The average Bonchev–Trinajstić information content (AvgIpc) is 3.00. The molecule has 0 bridgehead atoms. The van der Waals surface area contributed by atoms with E-state index in [1.54, 1.807) is 37.3 Å². The number of hydrogen-bond acceptors (Lipinski definition) is 3. The molecule has 0 unspecified atom stereocenters. The van der Waals surface area contributed by atoms with E-state index in [0.717, 1.165) is 44.3 Å². The van der Waals surface area contributed by atoms with Crippen LogP contribution in [0.1, 0.15) is 48.5 Å². The predicted octanol–water partition coefficient (Wildman–Crippen LogP) is 5.07. The van der Waals surface area contributed by atoms with Crippen LogP contribution < -0.4 is 10.1 Å². The molecule has 2 aromatic rings. The van der Waals surface area contributed by atoms with E-state index in [4.69, 9.17) is 16.3 Å². The molecule has 5 nitrogen and oxygen atoms in total. The van der Waals surface area contributed by atoms with Gasteiger partial charge in [-0.1, -0.05) is 36.6 Å². The summed E-state index contributed by atoms with van der Waals surface area (Å²) in [6.07, 6.45) is 3.62. The Bertz CT molecular complexity index is 876. The van der Waals surface area contributed by atoms with Crippen LogP contribution in [0, 0.1) is 6.92 Å². The summed E-state index contributed by atoms with van der Waals surface area (Å²) >= 11 is 6.04. The van der Waals surface area contributed by atoms with Gasteiger partial charge in [-0.2, -0.15) is 0 Å². The van der Waals surface area contributed by atoms with Crippen molar-refractivity contribution >= 4 is 29.1 Å². The van der Waals surface area contributed by atoms with Gasteiger partial charge in [0.05, 0.1) is 11.3 Å². The normalized spacial score (nSPS) is 15.3. The van der Waals surface area contributed by atoms with Crippen molar-refractivity contribution in [3.63, 3.8) is 0 Å². The zero-order chi connectivity index (χ0) is 20.8. The highest BCUT2D eigenvalue weighted by molar-refractivity contribution is 6.31. The van der Waals surface area contributed by atoms with Gasteiger partial charge in [-0.15, -0.1) is 0 Å². The number of ether oxygens (including phenoxy) is 1. The largest absolute Gasteiger partial charge is 0.481 e. The highest BCUT2D eigenvalue weighted by Crippen LogP contribution is 2.23. The van der Waals surface area contributed by atoms with Crippen LogP contribution >= 0.6 is 11.6 Å². The predicted molar refractivity (Wildman–Crippen MR) is 116 cm³/mol. The van der Waals surface area contributed by atoms with Gasteiger partial charge >= 0.3 is 0 Å². The topological polar surface area (TPSA) is 58.6 Å². The third-order valence-electron chi connectivity index (χ3n) is 5.12. The molecule has 0 aromatic heterocycles. The highest BCUT2D eigenvalue weighted by atomic mass is 35.5. The molecule has 0 saturated carbocycles. The van der Waals surface area contributed by atoms with Gasteiger partial charge in [-0.25, -0.2) is 0 Å². The first-order chi connectivity index (χ1) is 14.0. The van der Waals surface area contributed by atoms with E-state index in [1.807, 2.05) is 24.0 Å². The van der Waals surface area contributed by atoms with Gasteiger partial charge in [0, 0.05) is 18.1 Å². The van der Waals surface area contributed by atoms with Gasteiger partial charge < -0.3 is 15.0 Å². The van der Waals surface area contributed by atoms with Crippen molar-refractivity contribution in [3.8, 4) is 5.75 Å². The number of anilines is 1. The van der Waals surface area contributed by atoms with Crippen molar-refractivity contribution < 1.29 is 14.3 Å². The van der Waals surface area contributed by atoms with Crippen LogP contribution in [0.5, 0.6) is 5.75 Å². The average molecular weight is 415 g/mol. The molecule has 2 amide bonds. The standard InChI is InChI=1S/C23H27ClN2O3/c1-16-15-18(11-12-20(16)24)29-17(2)22(27)25-21-10-6-5-9-19(21)23(28)26-13-7-3-4-8-14-26/h5-6,9-12,15,17H,3-4,7-8,13-14H2,1-2H3,(H,25,27)/t17-/m1/s1. The molecular formula is C23H27ClN2O3. The van der Waals surface area contributed by atoms with Crippen molar-refractivity contribution in [1.29, 1.82) is 0 Å². The molecular weight excluding hydrogens is 388 g/mol. The number of halogens is 1. The quantitative estimate of drug-likeness (QED) is 0.742. The molecule has 2 aromatic carbocycles. The molecule has 1 saturated heterocycles. The van der Waals surface area contributed by atoms with Gasteiger partial charge in [0.25, 0.3) is 11.8 Å². The van der Waals surface area contributed by atoms with Crippen LogP contribution in [0.2, 0.25) is 5.02 Å². The molecule has 1 aliphatic rings.